The van der Waals surface area contributed by atoms with Crippen LogP contribution in [0.3, 0.4) is 0 Å². The Balaban J connectivity index is 2.47. The summed E-state index contributed by atoms with van der Waals surface area (Å²) in [5, 5.41) is 0. The second-order valence-corrected chi connectivity index (χ2v) is 4.52. The second-order valence-electron chi connectivity index (χ2n) is 4.52. The maximum Gasteiger partial charge on any atom is 0.150 e. The second kappa shape index (κ2) is 3.65. The first-order chi connectivity index (χ1) is 7.13. The zero-order valence-electron chi connectivity index (χ0n) is 9.29. The molecule has 0 aromatic heterocycles. The molecule has 0 fully saturated rings. The van der Waals surface area contributed by atoms with Crippen molar-refractivity contribution >= 4 is 11.9 Å². The van der Waals surface area contributed by atoms with Gasteiger partial charge in [-0.05, 0) is 34.9 Å². The largest absolute Gasteiger partial charge is 0.298 e. The van der Waals surface area contributed by atoms with E-state index in [4.69, 9.17) is 0 Å². The quantitative estimate of drug-likeness (QED) is 0.527. The van der Waals surface area contributed by atoms with Gasteiger partial charge >= 0.3 is 0 Å². The molecule has 15 heavy (non-hydrogen) atoms. The smallest absolute Gasteiger partial charge is 0.150 e. The van der Waals surface area contributed by atoms with Crippen molar-refractivity contribution in [3.8, 4) is 0 Å². The summed E-state index contributed by atoms with van der Waals surface area (Å²) in [5.41, 5.74) is 4.36. The van der Waals surface area contributed by atoms with Crippen molar-refractivity contribution in [3.05, 3.63) is 41.5 Å². The number of allylic oxidation sites excluding steroid dienone is 1. The predicted molar refractivity (Wildman–Crippen MR) is 63.0 cm³/mol. The molecule has 0 N–H and O–H groups in total. The lowest BCUT2D eigenvalue weighted by atomic mass is 9.97. The number of benzene rings is 1. The molecule has 0 saturated carbocycles. The zero-order valence-corrected chi connectivity index (χ0v) is 9.29. The molecule has 0 bridgehead atoms. The lowest BCUT2D eigenvalue weighted by Crippen LogP contribution is -1.91. The standard InChI is InChI=1S/C14H16O/c1-9-6-10(2)14-7-12(11(3)8-15)4-5-13(9)14/h4-5,7-10H,3,6H2,1-2H3. The average molecular weight is 200 g/mol. The maximum atomic E-state index is 10.7. The average Bonchev–Trinajstić information content (AvgIpc) is 2.53. The number of hydrogen-bond donors (Lipinski definition) is 0. The van der Waals surface area contributed by atoms with Gasteiger partial charge in [0, 0.05) is 5.57 Å². The molecule has 78 valence electrons. The lowest BCUT2D eigenvalue weighted by Gasteiger charge is -2.07. The van der Waals surface area contributed by atoms with E-state index < -0.39 is 0 Å². The minimum absolute atomic E-state index is 0.574. The minimum Gasteiger partial charge on any atom is -0.298 e. The van der Waals surface area contributed by atoms with Gasteiger partial charge in [-0.15, -0.1) is 0 Å². The number of carbonyl (C=O) groups excluding carboxylic acids is 1. The first kappa shape index (κ1) is 10.2. The van der Waals surface area contributed by atoms with Gasteiger partial charge < -0.3 is 0 Å². The Labute approximate surface area is 90.8 Å². The van der Waals surface area contributed by atoms with E-state index in [9.17, 15) is 4.79 Å². The molecular formula is C14H16O. The monoisotopic (exact) mass is 200 g/mol. The molecule has 2 atom stereocenters. The van der Waals surface area contributed by atoms with Crippen molar-refractivity contribution in [1.29, 1.82) is 0 Å². The molecule has 0 radical (unpaired) electrons. The van der Waals surface area contributed by atoms with Crippen molar-refractivity contribution in [1.82, 2.24) is 0 Å². The summed E-state index contributed by atoms with van der Waals surface area (Å²) in [5.74, 6) is 1.25. The third kappa shape index (κ3) is 1.63. The molecule has 0 amide bonds. The van der Waals surface area contributed by atoms with Crippen molar-refractivity contribution in [2.24, 2.45) is 0 Å². The Morgan fingerprint density at radius 3 is 2.67 bits per heavy atom. The Bertz CT molecular complexity index is 417. The van der Waals surface area contributed by atoms with Gasteiger partial charge in [0.25, 0.3) is 0 Å². The molecule has 1 aliphatic carbocycles. The molecule has 0 heterocycles. The molecule has 1 nitrogen and oxygen atoms in total. The molecule has 0 aliphatic heterocycles. The van der Waals surface area contributed by atoms with Gasteiger partial charge in [0.1, 0.15) is 6.29 Å². The molecular weight excluding hydrogens is 184 g/mol. The fourth-order valence-corrected chi connectivity index (χ4v) is 2.50. The third-order valence-corrected chi connectivity index (χ3v) is 3.37. The van der Waals surface area contributed by atoms with E-state index in [0.717, 1.165) is 11.8 Å². The van der Waals surface area contributed by atoms with E-state index in [0.29, 0.717) is 17.4 Å². The summed E-state index contributed by atoms with van der Waals surface area (Å²) < 4.78 is 0. The third-order valence-electron chi connectivity index (χ3n) is 3.37. The first-order valence-corrected chi connectivity index (χ1v) is 5.41. The molecule has 1 aliphatic rings. The fourth-order valence-electron chi connectivity index (χ4n) is 2.50. The highest BCUT2D eigenvalue weighted by atomic mass is 16.1. The van der Waals surface area contributed by atoms with Crippen LogP contribution in [-0.4, -0.2) is 6.29 Å². The van der Waals surface area contributed by atoms with Crippen LogP contribution >= 0.6 is 0 Å². The van der Waals surface area contributed by atoms with E-state index in [1.165, 1.54) is 17.5 Å². The van der Waals surface area contributed by atoms with Gasteiger partial charge in [0.2, 0.25) is 0 Å². The summed E-state index contributed by atoms with van der Waals surface area (Å²) in [4.78, 5) is 10.7. The van der Waals surface area contributed by atoms with Crippen LogP contribution in [0.5, 0.6) is 0 Å². The molecule has 2 unspecified atom stereocenters. The van der Waals surface area contributed by atoms with Gasteiger partial charge in [-0.1, -0.05) is 38.6 Å². The van der Waals surface area contributed by atoms with Gasteiger partial charge in [-0.3, -0.25) is 4.79 Å². The highest BCUT2D eigenvalue weighted by Gasteiger charge is 2.24. The van der Waals surface area contributed by atoms with E-state index >= 15 is 0 Å². The van der Waals surface area contributed by atoms with Crippen molar-refractivity contribution in [2.75, 3.05) is 0 Å². The summed E-state index contributed by atoms with van der Waals surface area (Å²) in [6.07, 6.45) is 2.04. The Kier molecular flexibility index (Phi) is 2.47. The van der Waals surface area contributed by atoms with Crippen molar-refractivity contribution in [2.45, 2.75) is 32.1 Å². The van der Waals surface area contributed by atoms with E-state index in [-0.39, 0.29) is 0 Å². The molecule has 1 heteroatoms. The number of rotatable bonds is 2. The highest BCUT2D eigenvalue weighted by Crippen LogP contribution is 2.41. The SMILES string of the molecule is C=C(C=O)c1ccc2c(c1)C(C)CC2C. The van der Waals surface area contributed by atoms with Gasteiger partial charge in [-0.25, -0.2) is 0 Å². The summed E-state index contributed by atoms with van der Waals surface area (Å²) in [6.45, 7) is 8.25. The summed E-state index contributed by atoms with van der Waals surface area (Å²) in [6, 6.07) is 6.28. The van der Waals surface area contributed by atoms with Crippen LogP contribution in [-0.2, 0) is 4.79 Å². The number of fused-ring (bicyclic) bond motifs is 1. The number of aldehydes is 1. The topological polar surface area (TPSA) is 17.1 Å². The highest BCUT2D eigenvalue weighted by molar-refractivity contribution is 6.05. The fraction of sp³-hybridized carbons (Fsp3) is 0.357. The van der Waals surface area contributed by atoms with Crippen LogP contribution < -0.4 is 0 Å². The predicted octanol–water partition coefficient (Wildman–Crippen LogP) is 3.51. The normalized spacial score (nSPS) is 23.6. The summed E-state index contributed by atoms with van der Waals surface area (Å²) >= 11 is 0. The Morgan fingerprint density at radius 2 is 2.00 bits per heavy atom. The van der Waals surface area contributed by atoms with Crippen molar-refractivity contribution in [3.63, 3.8) is 0 Å². The van der Waals surface area contributed by atoms with Crippen molar-refractivity contribution < 1.29 is 4.79 Å². The van der Waals surface area contributed by atoms with Crippen LogP contribution in [0.15, 0.2) is 24.8 Å². The molecule has 2 rings (SSSR count). The van der Waals surface area contributed by atoms with Gasteiger partial charge in [0.05, 0.1) is 0 Å². The van der Waals surface area contributed by atoms with Crippen LogP contribution in [0.1, 0.15) is 48.8 Å². The van der Waals surface area contributed by atoms with Crippen LogP contribution in [0, 0.1) is 0 Å². The first-order valence-electron chi connectivity index (χ1n) is 5.41. The minimum atomic E-state index is 0.574. The summed E-state index contributed by atoms with van der Waals surface area (Å²) in [7, 11) is 0. The zero-order chi connectivity index (χ0) is 11.0. The molecule has 1 aromatic rings. The molecule has 0 saturated heterocycles. The van der Waals surface area contributed by atoms with Crippen LogP contribution in [0.2, 0.25) is 0 Å². The molecule has 1 aromatic carbocycles. The number of hydrogen-bond acceptors (Lipinski definition) is 1. The molecule has 0 spiro atoms. The van der Waals surface area contributed by atoms with Crippen LogP contribution in [0.25, 0.3) is 5.57 Å². The van der Waals surface area contributed by atoms with E-state index in [1.807, 2.05) is 6.07 Å². The maximum absolute atomic E-state index is 10.7. The lowest BCUT2D eigenvalue weighted by molar-refractivity contribution is -0.103. The van der Waals surface area contributed by atoms with E-state index in [1.54, 1.807) is 0 Å². The van der Waals surface area contributed by atoms with Gasteiger partial charge in [-0.2, -0.15) is 0 Å². The number of carbonyl (C=O) groups is 1. The van der Waals surface area contributed by atoms with Gasteiger partial charge in [0.15, 0.2) is 0 Å². The van der Waals surface area contributed by atoms with E-state index in [2.05, 4.69) is 32.6 Å². The Morgan fingerprint density at radius 1 is 1.33 bits per heavy atom. The Hall–Kier alpha value is -1.37. The van der Waals surface area contributed by atoms with Crippen LogP contribution in [0.4, 0.5) is 0 Å².